The van der Waals surface area contributed by atoms with Crippen LogP contribution in [0.2, 0.25) is 0 Å². The fraction of sp³-hybridized carbons (Fsp3) is 0.259. The van der Waals surface area contributed by atoms with E-state index in [0.717, 1.165) is 132 Å². The summed E-state index contributed by atoms with van der Waals surface area (Å²) in [4.78, 5) is 28.2. The third kappa shape index (κ3) is 9.26. The topological polar surface area (TPSA) is 164 Å². The van der Waals surface area contributed by atoms with E-state index in [2.05, 4.69) is 89.6 Å². The Labute approximate surface area is 416 Å². The number of rotatable bonds is 14. The van der Waals surface area contributed by atoms with Gasteiger partial charge in [-0.1, -0.05) is 48.5 Å². The van der Waals surface area contributed by atoms with Crippen LogP contribution in [0.1, 0.15) is 33.9 Å². The number of hydrogen-bond donors (Lipinski definition) is 1. The van der Waals surface area contributed by atoms with Crippen molar-refractivity contribution in [2.24, 2.45) is 7.05 Å². The summed E-state index contributed by atoms with van der Waals surface area (Å²) in [5, 5.41) is 29.9. The van der Waals surface area contributed by atoms with Crippen molar-refractivity contribution in [3.8, 4) is 28.0 Å². The molecule has 1 N–H and O–H groups in total. The highest BCUT2D eigenvalue weighted by Gasteiger charge is 2.24. The smallest absolute Gasteiger partial charge is 0.225 e. The summed E-state index contributed by atoms with van der Waals surface area (Å²) in [6.45, 7) is 6.84. The first-order valence-electron chi connectivity index (χ1n) is 24.3. The molecule has 2 saturated heterocycles. The molecule has 18 heteroatoms. The van der Waals surface area contributed by atoms with Gasteiger partial charge >= 0.3 is 0 Å². The molecule has 2 aliphatic rings. The lowest BCUT2D eigenvalue weighted by Crippen LogP contribution is -2.47. The fourth-order valence-corrected chi connectivity index (χ4v) is 9.90. The highest BCUT2D eigenvalue weighted by atomic mass is 16.5. The largest absolute Gasteiger partial charge is 0.497 e. The second-order valence-electron chi connectivity index (χ2n) is 18.6. The average Bonchev–Trinajstić information content (AvgIpc) is 4.27. The lowest BCUT2D eigenvalue weighted by atomic mass is 10.0. The normalized spacial score (nSPS) is 14.7. The molecule has 0 amide bonds. The zero-order valence-corrected chi connectivity index (χ0v) is 40.2. The maximum absolute atomic E-state index is 11.6. The Morgan fingerprint density at radius 1 is 0.500 bits per heavy atom. The predicted octanol–water partition coefficient (Wildman–Crippen LogP) is 6.40. The Bertz CT molecular complexity index is 3460. The summed E-state index contributed by atoms with van der Waals surface area (Å²) < 4.78 is 13.2. The van der Waals surface area contributed by atoms with E-state index in [0.29, 0.717) is 18.1 Å². The van der Waals surface area contributed by atoms with Crippen LogP contribution in [-0.4, -0.2) is 123 Å². The summed E-state index contributed by atoms with van der Waals surface area (Å²) in [6.07, 6.45) is 23.9. The van der Waals surface area contributed by atoms with Crippen molar-refractivity contribution >= 4 is 34.3 Å². The van der Waals surface area contributed by atoms with Gasteiger partial charge in [0.25, 0.3) is 0 Å². The van der Waals surface area contributed by atoms with Gasteiger partial charge in [0, 0.05) is 144 Å². The van der Waals surface area contributed by atoms with Gasteiger partial charge in [0.2, 0.25) is 11.9 Å². The van der Waals surface area contributed by atoms with Crippen LogP contribution in [0.3, 0.4) is 0 Å². The molecule has 0 bridgehead atoms. The van der Waals surface area contributed by atoms with Crippen LogP contribution in [-0.2, 0) is 26.4 Å². The van der Waals surface area contributed by atoms with Crippen molar-refractivity contribution in [2.45, 2.75) is 25.5 Å². The van der Waals surface area contributed by atoms with Gasteiger partial charge in [-0.15, -0.1) is 0 Å². The number of nitrogens with zero attached hydrogens (tertiary/aromatic N) is 16. The third-order valence-electron chi connectivity index (χ3n) is 13.8. The molecule has 0 spiro atoms. The second-order valence-corrected chi connectivity index (χ2v) is 18.6. The Kier molecular flexibility index (Phi) is 11.9. The van der Waals surface area contributed by atoms with Gasteiger partial charge in [0.15, 0.2) is 0 Å². The van der Waals surface area contributed by atoms with E-state index in [1.165, 1.54) is 5.56 Å². The standard InChI is InChI=1S/C54H54N16O2/c1-63-33-45(29-59-63)42-8-10-48-50(31-61-69(48)35-42)64-14-18-67(19-15-64)54-57-27-41(28-58-54)21-39-22-44(24-47(23-39)72-2)52(71)37-68-34-46(30-60-68)43-9-11-49-51(32-62-70(49)36-43)65-12-16-66(17-13-65)53-55-25-40(26-56-53)20-38-6-4-3-5-7-38/h3-11,22-36,52,71H,12-21,37H2,1-2H3. The van der Waals surface area contributed by atoms with Gasteiger partial charge < -0.3 is 29.4 Å². The molecule has 18 nitrogen and oxygen atoms in total. The Hall–Kier alpha value is -8.64. The van der Waals surface area contributed by atoms with Crippen LogP contribution < -0.4 is 24.3 Å². The molecule has 0 saturated carbocycles. The molecule has 1 unspecified atom stereocenters. The molecule has 10 aromatic rings. The number of aliphatic hydroxyl groups is 1. The number of hydrogen-bond acceptors (Lipinski definition) is 14. The molecule has 0 aliphatic carbocycles. The molecular formula is C54H54N16O2. The first kappa shape index (κ1) is 44.6. The molecule has 8 aromatic heterocycles. The molecule has 2 fully saturated rings. The summed E-state index contributed by atoms with van der Waals surface area (Å²) >= 11 is 0. The fourth-order valence-electron chi connectivity index (χ4n) is 9.90. The molecule has 10 heterocycles. The number of fused-ring (bicyclic) bond motifs is 2. The Balaban J connectivity index is 0.643. The highest BCUT2D eigenvalue weighted by molar-refractivity contribution is 5.77. The predicted molar refractivity (Wildman–Crippen MR) is 277 cm³/mol. The molecule has 12 rings (SSSR count). The van der Waals surface area contributed by atoms with E-state index in [1.54, 1.807) is 16.5 Å². The van der Waals surface area contributed by atoms with Gasteiger partial charge in [-0.25, -0.2) is 29.0 Å². The molecule has 2 aromatic carbocycles. The third-order valence-corrected chi connectivity index (χ3v) is 13.8. The zero-order valence-electron chi connectivity index (χ0n) is 40.2. The quantitative estimate of drug-likeness (QED) is 0.127. The molecular weight excluding hydrogens is 905 g/mol. The van der Waals surface area contributed by atoms with Crippen LogP contribution in [0.15, 0.2) is 147 Å². The van der Waals surface area contributed by atoms with Gasteiger partial charge in [0.05, 0.1) is 67.0 Å². The Morgan fingerprint density at radius 3 is 1.57 bits per heavy atom. The van der Waals surface area contributed by atoms with Crippen molar-refractivity contribution < 1.29 is 9.84 Å². The van der Waals surface area contributed by atoms with Gasteiger partial charge in [-0.05, 0) is 52.1 Å². The zero-order chi connectivity index (χ0) is 48.5. The van der Waals surface area contributed by atoms with E-state index >= 15 is 0 Å². The number of aliphatic hydroxyl groups excluding tert-OH is 1. The van der Waals surface area contributed by atoms with E-state index in [1.807, 2.05) is 109 Å². The number of methoxy groups -OCH3 is 1. The molecule has 1 atom stereocenters. The van der Waals surface area contributed by atoms with Crippen molar-refractivity contribution in [3.63, 3.8) is 0 Å². The number of piperazine rings is 2. The minimum Gasteiger partial charge on any atom is -0.497 e. The maximum Gasteiger partial charge on any atom is 0.225 e. The van der Waals surface area contributed by atoms with Crippen LogP contribution >= 0.6 is 0 Å². The highest BCUT2D eigenvalue weighted by Crippen LogP contribution is 2.30. The minimum atomic E-state index is -0.823. The SMILES string of the molecule is COc1cc(Cc2cnc(N3CCN(c4cnn5cc(-c6cnn(C)c6)ccc45)CC3)nc2)cc(C(O)Cn2cc(-c3ccc4c(N5CCN(c6ncc(Cc7ccccc7)cn6)CC5)cnn4c3)cn2)c1. The van der Waals surface area contributed by atoms with Crippen molar-refractivity contribution in [1.29, 1.82) is 0 Å². The summed E-state index contributed by atoms with van der Waals surface area (Å²) in [5.41, 5.74) is 13.4. The maximum atomic E-state index is 11.6. The van der Waals surface area contributed by atoms with Gasteiger partial charge in [-0.3, -0.25) is 9.36 Å². The van der Waals surface area contributed by atoms with E-state index in [9.17, 15) is 5.11 Å². The van der Waals surface area contributed by atoms with Crippen LogP contribution in [0.25, 0.3) is 33.3 Å². The lowest BCUT2D eigenvalue weighted by Gasteiger charge is -2.35. The molecule has 2 aliphatic heterocycles. The average molecular weight is 959 g/mol. The number of pyridine rings is 2. The van der Waals surface area contributed by atoms with Crippen molar-refractivity contribution in [1.82, 2.24) is 58.7 Å². The number of anilines is 4. The van der Waals surface area contributed by atoms with Crippen molar-refractivity contribution in [3.05, 3.63) is 175 Å². The second kappa shape index (κ2) is 19.3. The Morgan fingerprint density at radius 2 is 1.03 bits per heavy atom. The number of aryl methyl sites for hydroxylation is 1. The van der Waals surface area contributed by atoms with Crippen LogP contribution in [0, 0.1) is 0 Å². The molecule has 0 radical (unpaired) electrons. The summed E-state index contributed by atoms with van der Waals surface area (Å²) in [7, 11) is 3.57. The van der Waals surface area contributed by atoms with Gasteiger partial charge in [0.1, 0.15) is 5.75 Å². The first-order chi connectivity index (χ1) is 35.3. The molecule has 72 heavy (non-hydrogen) atoms. The minimum absolute atomic E-state index is 0.269. The van der Waals surface area contributed by atoms with E-state index < -0.39 is 6.10 Å². The first-order valence-corrected chi connectivity index (χ1v) is 24.3. The van der Waals surface area contributed by atoms with Crippen molar-refractivity contribution in [2.75, 3.05) is 79.1 Å². The summed E-state index contributed by atoms with van der Waals surface area (Å²) in [6, 6.07) is 24.8. The number of ether oxygens (including phenoxy) is 1. The lowest BCUT2D eigenvalue weighted by molar-refractivity contribution is 0.151. The van der Waals surface area contributed by atoms with Crippen LogP contribution in [0.4, 0.5) is 23.3 Å². The van der Waals surface area contributed by atoms with E-state index in [-0.39, 0.29) is 6.54 Å². The monoisotopic (exact) mass is 958 g/mol. The van der Waals surface area contributed by atoms with E-state index in [4.69, 9.17) is 29.8 Å². The molecule has 362 valence electrons. The number of aromatic nitrogens is 12. The van der Waals surface area contributed by atoms with Gasteiger partial charge in [-0.2, -0.15) is 20.4 Å². The summed E-state index contributed by atoms with van der Waals surface area (Å²) in [5.74, 6) is 2.16. The number of benzene rings is 2. The van der Waals surface area contributed by atoms with Crippen LogP contribution in [0.5, 0.6) is 5.75 Å².